The zero-order valence-corrected chi connectivity index (χ0v) is 8.64. The van der Waals surface area contributed by atoms with Crippen LogP contribution in [0.25, 0.3) is 0 Å². The Hall–Kier alpha value is -1.56. The number of aromatic nitrogens is 2. The molecule has 1 fully saturated rings. The van der Waals surface area contributed by atoms with Gasteiger partial charge in [0.1, 0.15) is 0 Å². The Morgan fingerprint density at radius 1 is 1.67 bits per heavy atom. The number of methoxy groups -OCH3 is 1. The number of hydrogen-bond acceptors (Lipinski definition) is 3. The van der Waals surface area contributed by atoms with Crippen LogP contribution in [0.4, 0.5) is 10.5 Å². The molecule has 0 atom stereocenters. The molecule has 1 N–H and O–H groups in total. The molecule has 1 aromatic rings. The summed E-state index contributed by atoms with van der Waals surface area (Å²) in [6.07, 6.45) is 3.55. The monoisotopic (exact) mass is 210 g/mol. The first kappa shape index (κ1) is 9.97. The predicted molar refractivity (Wildman–Crippen MR) is 54.8 cm³/mol. The van der Waals surface area contributed by atoms with E-state index in [9.17, 15) is 4.79 Å². The van der Waals surface area contributed by atoms with Crippen molar-refractivity contribution in [1.82, 2.24) is 15.1 Å². The van der Waals surface area contributed by atoms with Crippen molar-refractivity contribution in [3.05, 3.63) is 12.4 Å². The van der Waals surface area contributed by atoms with Crippen LogP contribution in [0.2, 0.25) is 0 Å². The number of ether oxygens (including phenoxy) is 1. The third-order valence-corrected chi connectivity index (χ3v) is 2.31. The highest BCUT2D eigenvalue weighted by molar-refractivity contribution is 5.93. The van der Waals surface area contributed by atoms with Crippen molar-refractivity contribution in [1.29, 1.82) is 0 Å². The second-order valence-electron chi connectivity index (χ2n) is 3.34. The molecular weight excluding hydrogens is 196 g/mol. The first-order valence-corrected chi connectivity index (χ1v) is 4.88. The second kappa shape index (κ2) is 4.31. The second-order valence-corrected chi connectivity index (χ2v) is 3.34. The molecule has 15 heavy (non-hydrogen) atoms. The van der Waals surface area contributed by atoms with Crippen molar-refractivity contribution in [3.8, 4) is 0 Å². The number of nitrogens with zero attached hydrogens (tertiary/aromatic N) is 3. The molecule has 0 spiro atoms. The van der Waals surface area contributed by atoms with E-state index in [4.69, 9.17) is 4.74 Å². The standard InChI is InChI=1S/C9H14N4O2/c1-15-5-4-12-7-8(6-11-12)13-3-2-10-9(13)14/h6-7H,2-5H2,1H3,(H,10,14). The van der Waals surface area contributed by atoms with E-state index in [1.807, 2.05) is 6.20 Å². The molecule has 1 aliphatic heterocycles. The van der Waals surface area contributed by atoms with E-state index in [1.165, 1.54) is 0 Å². The summed E-state index contributed by atoms with van der Waals surface area (Å²) in [5, 5.41) is 6.89. The zero-order valence-electron chi connectivity index (χ0n) is 8.64. The van der Waals surface area contributed by atoms with Gasteiger partial charge in [0.25, 0.3) is 0 Å². The minimum Gasteiger partial charge on any atom is -0.383 e. The van der Waals surface area contributed by atoms with Crippen LogP contribution in [0.5, 0.6) is 0 Å². The first-order chi connectivity index (χ1) is 7.31. The maximum Gasteiger partial charge on any atom is 0.322 e. The topological polar surface area (TPSA) is 59.4 Å². The van der Waals surface area contributed by atoms with Crippen molar-refractivity contribution in [2.45, 2.75) is 6.54 Å². The van der Waals surface area contributed by atoms with E-state index in [1.54, 1.807) is 22.9 Å². The maximum atomic E-state index is 11.4. The van der Waals surface area contributed by atoms with Gasteiger partial charge in [0.05, 0.1) is 25.0 Å². The van der Waals surface area contributed by atoms with Gasteiger partial charge >= 0.3 is 6.03 Å². The number of anilines is 1. The number of carbonyl (C=O) groups excluding carboxylic acids is 1. The fourth-order valence-electron chi connectivity index (χ4n) is 1.52. The molecule has 82 valence electrons. The summed E-state index contributed by atoms with van der Waals surface area (Å²) in [4.78, 5) is 13.0. The molecule has 2 heterocycles. The van der Waals surface area contributed by atoms with Gasteiger partial charge in [0.15, 0.2) is 0 Å². The molecule has 1 saturated heterocycles. The van der Waals surface area contributed by atoms with Crippen molar-refractivity contribution in [3.63, 3.8) is 0 Å². The van der Waals surface area contributed by atoms with Crippen LogP contribution < -0.4 is 10.2 Å². The van der Waals surface area contributed by atoms with E-state index in [0.29, 0.717) is 26.2 Å². The van der Waals surface area contributed by atoms with Gasteiger partial charge in [-0.3, -0.25) is 9.58 Å². The van der Waals surface area contributed by atoms with Crippen molar-refractivity contribution in [2.75, 3.05) is 31.7 Å². The Morgan fingerprint density at radius 3 is 3.20 bits per heavy atom. The fourth-order valence-corrected chi connectivity index (χ4v) is 1.52. The van der Waals surface area contributed by atoms with E-state index in [-0.39, 0.29) is 6.03 Å². The Balaban J connectivity index is 2.03. The molecule has 2 amide bonds. The van der Waals surface area contributed by atoms with Gasteiger partial charge in [0, 0.05) is 26.4 Å². The average molecular weight is 210 g/mol. The quantitative estimate of drug-likeness (QED) is 0.764. The molecule has 6 nitrogen and oxygen atoms in total. The SMILES string of the molecule is COCCn1cc(N2CCNC2=O)cn1. The lowest BCUT2D eigenvalue weighted by molar-refractivity contribution is 0.183. The van der Waals surface area contributed by atoms with Crippen LogP contribution in [-0.2, 0) is 11.3 Å². The number of urea groups is 1. The summed E-state index contributed by atoms with van der Waals surface area (Å²) in [6, 6.07) is -0.0544. The van der Waals surface area contributed by atoms with E-state index in [2.05, 4.69) is 10.4 Å². The molecule has 0 aromatic carbocycles. The first-order valence-electron chi connectivity index (χ1n) is 4.88. The number of amides is 2. The van der Waals surface area contributed by atoms with Crippen LogP contribution in [-0.4, -0.2) is 42.6 Å². The van der Waals surface area contributed by atoms with Crippen LogP contribution in [0, 0.1) is 0 Å². The summed E-state index contributed by atoms with van der Waals surface area (Å²) in [5.74, 6) is 0. The van der Waals surface area contributed by atoms with E-state index in [0.717, 1.165) is 5.69 Å². The Labute approximate surface area is 87.8 Å². The lowest BCUT2D eigenvalue weighted by atomic mass is 10.5. The smallest absolute Gasteiger partial charge is 0.322 e. The number of hydrogen-bond donors (Lipinski definition) is 1. The minimum atomic E-state index is -0.0544. The molecule has 0 saturated carbocycles. The lowest BCUT2D eigenvalue weighted by Crippen LogP contribution is -2.27. The molecule has 0 unspecified atom stereocenters. The Kier molecular flexibility index (Phi) is 2.86. The van der Waals surface area contributed by atoms with Gasteiger partial charge < -0.3 is 10.1 Å². The zero-order chi connectivity index (χ0) is 10.7. The van der Waals surface area contributed by atoms with E-state index < -0.39 is 0 Å². The molecule has 1 aromatic heterocycles. The third-order valence-electron chi connectivity index (χ3n) is 2.31. The molecule has 1 aliphatic rings. The predicted octanol–water partition coefficient (Wildman–Crippen LogP) is 0.0591. The van der Waals surface area contributed by atoms with Crippen molar-refractivity contribution >= 4 is 11.7 Å². The number of carbonyl (C=O) groups is 1. The number of nitrogens with one attached hydrogen (secondary N) is 1. The molecular formula is C9H14N4O2. The summed E-state index contributed by atoms with van der Waals surface area (Å²) >= 11 is 0. The molecule has 2 rings (SSSR count). The molecule has 0 radical (unpaired) electrons. The number of rotatable bonds is 4. The van der Waals surface area contributed by atoms with Crippen LogP contribution in [0.1, 0.15) is 0 Å². The summed E-state index contributed by atoms with van der Waals surface area (Å²) in [6.45, 7) is 2.72. The molecule has 6 heteroatoms. The molecule has 0 aliphatic carbocycles. The van der Waals surface area contributed by atoms with Gasteiger partial charge in [-0.25, -0.2) is 4.79 Å². The lowest BCUT2D eigenvalue weighted by Gasteiger charge is -2.09. The summed E-state index contributed by atoms with van der Waals surface area (Å²) in [5.41, 5.74) is 0.834. The van der Waals surface area contributed by atoms with Gasteiger partial charge in [-0.15, -0.1) is 0 Å². The van der Waals surface area contributed by atoms with Crippen LogP contribution in [0.15, 0.2) is 12.4 Å². The highest BCUT2D eigenvalue weighted by atomic mass is 16.5. The summed E-state index contributed by atoms with van der Waals surface area (Å²) < 4.78 is 6.72. The van der Waals surface area contributed by atoms with Crippen LogP contribution >= 0.6 is 0 Å². The van der Waals surface area contributed by atoms with E-state index >= 15 is 0 Å². The van der Waals surface area contributed by atoms with Crippen molar-refractivity contribution < 1.29 is 9.53 Å². The van der Waals surface area contributed by atoms with Gasteiger partial charge in [0.2, 0.25) is 0 Å². The third kappa shape index (κ3) is 2.10. The van der Waals surface area contributed by atoms with Gasteiger partial charge in [-0.1, -0.05) is 0 Å². The highest BCUT2D eigenvalue weighted by Crippen LogP contribution is 2.14. The Morgan fingerprint density at radius 2 is 2.53 bits per heavy atom. The maximum absolute atomic E-state index is 11.4. The normalized spacial score (nSPS) is 15.8. The largest absolute Gasteiger partial charge is 0.383 e. The average Bonchev–Trinajstić information content (AvgIpc) is 2.83. The summed E-state index contributed by atoms with van der Waals surface area (Å²) in [7, 11) is 1.65. The molecule has 0 bridgehead atoms. The highest BCUT2D eigenvalue weighted by Gasteiger charge is 2.21. The Bertz CT molecular complexity index is 350. The fraction of sp³-hybridized carbons (Fsp3) is 0.556. The van der Waals surface area contributed by atoms with Gasteiger partial charge in [-0.05, 0) is 0 Å². The van der Waals surface area contributed by atoms with Gasteiger partial charge in [-0.2, -0.15) is 5.10 Å². The van der Waals surface area contributed by atoms with Crippen LogP contribution in [0.3, 0.4) is 0 Å². The minimum absolute atomic E-state index is 0.0544. The van der Waals surface area contributed by atoms with Crippen molar-refractivity contribution in [2.24, 2.45) is 0 Å².